The van der Waals surface area contributed by atoms with E-state index in [1.165, 1.54) is 12.1 Å². The second-order valence-corrected chi connectivity index (χ2v) is 10.1. The van der Waals surface area contributed by atoms with E-state index < -0.39 is 50.1 Å². The lowest BCUT2D eigenvalue weighted by Gasteiger charge is -2.28. The fourth-order valence-electron chi connectivity index (χ4n) is 3.11. The zero-order valence-electron chi connectivity index (χ0n) is 13.3. The second-order valence-electron chi connectivity index (χ2n) is 6.06. The van der Waals surface area contributed by atoms with Crippen molar-refractivity contribution in [2.75, 3.05) is 24.7 Å². The first-order valence-corrected chi connectivity index (χ1v) is 11.0. The number of sulfonamides is 1. The van der Waals surface area contributed by atoms with Gasteiger partial charge in [-0.05, 0) is 22.9 Å². The van der Waals surface area contributed by atoms with E-state index in [9.17, 15) is 27.0 Å². The molecule has 7 nitrogen and oxygen atoms in total. The molecular formula is C16H19NO6S2. The zero-order valence-corrected chi connectivity index (χ0v) is 14.9. The second kappa shape index (κ2) is 6.65. The van der Waals surface area contributed by atoms with Crippen molar-refractivity contribution in [3.05, 3.63) is 42.5 Å². The van der Waals surface area contributed by atoms with E-state index >= 15 is 0 Å². The summed E-state index contributed by atoms with van der Waals surface area (Å²) < 4.78 is 50.4. The largest absolute Gasteiger partial charge is 0.395 e. The third-order valence-electron chi connectivity index (χ3n) is 4.31. The van der Waals surface area contributed by atoms with E-state index in [2.05, 4.69) is 0 Å². The van der Waals surface area contributed by atoms with Crippen LogP contribution >= 0.6 is 0 Å². The van der Waals surface area contributed by atoms with Crippen LogP contribution in [0.15, 0.2) is 47.4 Å². The average molecular weight is 385 g/mol. The summed E-state index contributed by atoms with van der Waals surface area (Å²) in [6, 6.07) is 10.8. The van der Waals surface area contributed by atoms with Gasteiger partial charge in [0.2, 0.25) is 10.0 Å². The van der Waals surface area contributed by atoms with Crippen LogP contribution in [0.2, 0.25) is 0 Å². The van der Waals surface area contributed by atoms with Gasteiger partial charge in [0.05, 0.1) is 35.2 Å². The van der Waals surface area contributed by atoms with Gasteiger partial charge in [0, 0.05) is 6.54 Å². The lowest BCUT2D eigenvalue weighted by atomic mass is 10.1. The van der Waals surface area contributed by atoms with E-state index in [0.29, 0.717) is 0 Å². The molecule has 1 heterocycles. The maximum absolute atomic E-state index is 13.0. The van der Waals surface area contributed by atoms with Crippen molar-refractivity contribution in [1.82, 2.24) is 4.31 Å². The van der Waals surface area contributed by atoms with Gasteiger partial charge < -0.3 is 10.2 Å². The molecule has 9 heteroatoms. The quantitative estimate of drug-likeness (QED) is 0.748. The molecule has 0 saturated carbocycles. The summed E-state index contributed by atoms with van der Waals surface area (Å²) >= 11 is 0. The summed E-state index contributed by atoms with van der Waals surface area (Å²) in [6.07, 6.45) is -1.31. The fourth-order valence-corrected chi connectivity index (χ4v) is 6.69. The molecule has 2 aromatic carbocycles. The molecule has 2 N–H and O–H groups in total. The van der Waals surface area contributed by atoms with Gasteiger partial charge in [-0.3, -0.25) is 0 Å². The Labute approximate surface area is 146 Å². The smallest absolute Gasteiger partial charge is 0.243 e. The summed E-state index contributed by atoms with van der Waals surface area (Å²) in [6.45, 7) is -0.761. The van der Waals surface area contributed by atoms with Gasteiger partial charge in [-0.2, -0.15) is 4.31 Å². The number of fused-ring (bicyclic) bond motifs is 1. The number of nitrogens with zero attached hydrogens (tertiary/aromatic N) is 1. The number of hydrogen-bond acceptors (Lipinski definition) is 6. The average Bonchev–Trinajstić information content (AvgIpc) is 2.84. The van der Waals surface area contributed by atoms with Gasteiger partial charge in [-0.1, -0.05) is 30.3 Å². The number of aliphatic hydroxyl groups is 2. The Balaban J connectivity index is 2.04. The molecule has 0 aromatic heterocycles. The van der Waals surface area contributed by atoms with Crippen LogP contribution in [0.5, 0.6) is 0 Å². The number of aliphatic hydroxyl groups excluding tert-OH is 2. The summed E-state index contributed by atoms with van der Waals surface area (Å²) in [4.78, 5) is -0.00357. The van der Waals surface area contributed by atoms with Crippen LogP contribution < -0.4 is 0 Å². The Hall–Kier alpha value is -1.52. The number of hydrogen-bond donors (Lipinski definition) is 2. The van der Waals surface area contributed by atoms with Gasteiger partial charge in [0.15, 0.2) is 9.84 Å². The summed E-state index contributed by atoms with van der Waals surface area (Å²) in [5.41, 5.74) is 0. The topological polar surface area (TPSA) is 112 Å². The SMILES string of the molecule is O=S1(=O)C[C@@H](O)[C@@H](N(CCO)S(=O)(=O)c2ccc3ccccc3c2)C1. The lowest BCUT2D eigenvalue weighted by Crippen LogP contribution is -2.47. The Kier molecular flexibility index (Phi) is 4.86. The molecule has 2 atom stereocenters. The highest BCUT2D eigenvalue weighted by atomic mass is 32.2. The predicted octanol–water partition coefficient (Wildman–Crippen LogP) is -0.0193. The number of sulfone groups is 1. The van der Waals surface area contributed by atoms with Gasteiger partial charge in [-0.15, -0.1) is 0 Å². The highest BCUT2D eigenvalue weighted by Crippen LogP contribution is 2.27. The van der Waals surface area contributed by atoms with Crippen molar-refractivity contribution in [3.63, 3.8) is 0 Å². The molecular weight excluding hydrogens is 366 g/mol. The lowest BCUT2D eigenvalue weighted by molar-refractivity contribution is 0.117. The molecule has 0 bridgehead atoms. The van der Waals surface area contributed by atoms with Crippen LogP contribution in [-0.4, -0.2) is 68.2 Å². The van der Waals surface area contributed by atoms with Gasteiger partial charge in [-0.25, -0.2) is 16.8 Å². The summed E-state index contributed by atoms with van der Waals surface area (Å²) in [7, 11) is -7.60. The maximum atomic E-state index is 13.0. The monoisotopic (exact) mass is 385 g/mol. The summed E-state index contributed by atoms with van der Waals surface area (Å²) in [5.74, 6) is -0.937. The Bertz CT molecular complexity index is 987. The van der Waals surface area contributed by atoms with E-state index in [0.717, 1.165) is 15.1 Å². The molecule has 0 radical (unpaired) electrons. The van der Waals surface area contributed by atoms with E-state index in [-0.39, 0.29) is 11.4 Å². The minimum Gasteiger partial charge on any atom is -0.395 e. The molecule has 0 aliphatic carbocycles. The third-order valence-corrected chi connectivity index (χ3v) is 7.93. The first-order valence-electron chi connectivity index (χ1n) is 7.74. The molecule has 25 heavy (non-hydrogen) atoms. The van der Waals surface area contributed by atoms with Crippen molar-refractivity contribution in [2.24, 2.45) is 0 Å². The van der Waals surface area contributed by atoms with Crippen LogP contribution in [0.4, 0.5) is 0 Å². The summed E-state index contributed by atoms with van der Waals surface area (Å²) in [5, 5.41) is 20.9. The molecule has 1 saturated heterocycles. The van der Waals surface area contributed by atoms with Crippen LogP contribution in [0.25, 0.3) is 10.8 Å². The fraction of sp³-hybridized carbons (Fsp3) is 0.375. The minimum atomic E-state index is -4.07. The van der Waals surface area contributed by atoms with Crippen molar-refractivity contribution in [1.29, 1.82) is 0 Å². The molecule has 0 unspecified atom stereocenters. The van der Waals surface area contributed by atoms with Gasteiger partial charge >= 0.3 is 0 Å². The van der Waals surface area contributed by atoms with Gasteiger partial charge in [0.1, 0.15) is 0 Å². The van der Waals surface area contributed by atoms with Crippen LogP contribution in [0.3, 0.4) is 0 Å². The molecule has 3 rings (SSSR count). The first kappa shape index (κ1) is 18.3. The number of rotatable bonds is 5. The molecule has 136 valence electrons. The van der Waals surface area contributed by atoms with E-state index in [1.54, 1.807) is 18.2 Å². The van der Waals surface area contributed by atoms with Crippen molar-refractivity contribution in [2.45, 2.75) is 17.0 Å². The van der Waals surface area contributed by atoms with Gasteiger partial charge in [0.25, 0.3) is 0 Å². The molecule has 0 spiro atoms. The van der Waals surface area contributed by atoms with Crippen molar-refractivity contribution < 1.29 is 27.0 Å². The van der Waals surface area contributed by atoms with E-state index in [1.807, 2.05) is 12.1 Å². The Morgan fingerprint density at radius 1 is 1.08 bits per heavy atom. The molecule has 1 aliphatic heterocycles. The Morgan fingerprint density at radius 2 is 1.76 bits per heavy atom. The van der Waals surface area contributed by atoms with Crippen LogP contribution in [0.1, 0.15) is 0 Å². The maximum Gasteiger partial charge on any atom is 0.243 e. The van der Waals surface area contributed by atoms with Crippen LogP contribution in [0, 0.1) is 0 Å². The predicted molar refractivity (Wildman–Crippen MR) is 93.4 cm³/mol. The standard InChI is InChI=1S/C16H19NO6S2/c18-8-7-17(15-10-24(20,21)11-16(15)19)25(22,23)14-6-5-12-3-1-2-4-13(12)9-14/h1-6,9,15-16,18-19H,7-8,10-11H2/t15-,16+/m0/s1. The Morgan fingerprint density at radius 3 is 2.36 bits per heavy atom. The highest BCUT2D eigenvalue weighted by Gasteiger charge is 2.44. The minimum absolute atomic E-state index is 0.00357. The van der Waals surface area contributed by atoms with E-state index in [4.69, 9.17) is 0 Å². The first-order chi connectivity index (χ1) is 11.7. The highest BCUT2D eigenvalue weighted by molar-refractivity contribution is 7.92. The zero-order chi connectivity index (χ0) is 18.2. The molecule has 1 fully saturated rings. The van der Waals surface area contributed by atoms with Crippen molar-refractivity contribution >= 4 is 30.6 Å². The molecule has 2 aromatic rings. The third kappa shape index (κ3) is 3.56. The molecule has 1 aliphatic rings. The van der Waals surface area contributed by atoms with Crippen molar-refractivity contribution in [3.8, 4) is 0 Å². The van der Waals surface area contributed by atoms with Crippen LogP contribution in [-0.2, 0) is 19.9 Å². The normalized spacial score (nSPS) is 23.3. The molecule has 0 amide bonds. The number of benzene rings is 2.